The third kappa shape index (κ3) is 2.11. The minimum absolute atomic E-state index is 0.364. The van der Waals surface area contributed by atoms with E-state index in [-0.39, 0.29) is 0 Å². The molecule has 1 aliphatic heterocycles. The van der Waals surface area contributed by atoms with Gasteiger partial charge in [0.25, 0.3) is 0 Å². The average molecular weight is 192 g/mol. The molecule has 13 heavy (non-hydrogen) atoms. The predicted molar refractivity (Wildman–Crippen MR) is 61.1 cm³/mol. The molecular weight excluding hydrogens is 175 g/mol. The minimum atomic E-state index is 0.364. The van der Waals surface area contributed by atoms with Gasteiger partial charge in [0.05, 0.1) is 0 Å². The van der Waals surface area contributed by atoms with Crippen LogP contribution in [0.25, 0.3) is 0 Å². The molecule has 1 saturated heterocycles. The van der Waals surface area contributed by atoms with E-state index in [0.29, 0.717) is 7.92 Å². The smallest absolute Gasteiger partial charge is 0.0119 e. The number of benzene rings is 1. The van der Waals surface area contributed by atoms with Crippen LogP contribution in [-0.2, 0) is 0 Å². The highest BCUT2D eigenvalue weighted by molar-refractivity contribution is 7.57. The number of hydrogen-bond donors (Lipinski definition) is 0. The van der Waals surface area contributed by atoms with Crippen molar-refractivity contribution in [1.82, 2.24) is 0 Å². The van der Waals surface area contributed by atoms with E-state index in [9.17, 15) is 0 Å². The highest BCUT2D eigenvalue weighted by Gasteiger charge is 2.21. The molecule has 1 heterocycles. The Labute approximate surface area is 82.1 Å². The summed E-state index contributed by atoms with van der Waals surface area (Å²) in [7, 11) is 0.364. The van der Waals surface area contributed by atoms with E-state index in [0.717, 1.165) is 5.92 Å². The van der Waals surface area contributed by atoms with E-state index in [4.69, 9.17) is 0 Å². The molecule has 0 aromatic heterocycles. The molecule has 0 saturated carbocycles. The summed E-state index contributed by atoms with van der Waals surface area (Å²) in [6.45, 7) is 4.59. The standard InChI is InChI=1S/C12H17P/c1-10-3-5-11(6-4-10)12-7-8-13(2)9-12/h3-6,12H,7-9H2,1-2H3. The molecule has 0 spiro atoms. The lowest BCUT2D eigenvalue weighted by molar-refractivity contribution is 0.782. The highest BCUT2D eigenvalue weighted by Crippen LogP contribution is 2.46. The van der Waals surface area contributed by atoms with Gasteiger partial charge in [-0.1, -0.05) is 29.8 Å². The average Bonchev–Trinajstić information content (AvgIpc) is 2.53. The van der Waals surface area contributed by atoms with Gasteiger partial charge < -0.3 is 0 Å². The van der Waals surface area contributed by atoms with Crippen molar-refractivity contribution in [2.24, 2.45) is 0 Å². The Kier molecular flexibility index (Phi) is 2.69. The van der Waals surface area contributed by atoms with Crippen molar-refractivity contribution in [3.8, 4) is 0 Å². The summed E-state index contributed by atoms with van der Waals surface area (Å²) in [6, 6.07) is 9.11. The van der Waals surface area contributed by atoms with E-state index in [1.807, 2.05) is 0 Å². The monoisotopic (exact) mass is 192 g/mol. The van der Waals surface area contributed by atoms with Crippen LogP contribution in [0.15, 0.2) is 24.3 Å². The summed E-state index contributed by atoms with van der Waals surface area (Å²) >= 11 is 0. The van der Waals surface area contributed by atoms with Crippen LogP contribution in [-0.4, -0.2) is 19.0 Å². The summed E-state index contributed by atoms with van der Waals surface area (Å²) in [5.41, 5.74) is 2.94. The fourth-order valence-corrected chi connectivity index (χ4v) is 4.13. The first-order chi connectivity index (χ1) is 6.25. The van der Waals surface area contributed by atoms with Crippen molar-refractivity contribution in [1.29, 1.82) is 0 Å². The van der Waals surface area contributed by atoms with Gasteiger partial charge >= 0.3 is 0 Å². The minimum Gasteiger partial charge on any atom is -0.109 e. The van der Waals surface area contributed by atoms with E-state index < -0.39 is 0 Å². The van der Waals surface area contributed by atoms with Crippen LogP contribution in [0.2, 0.25) is 0 Å². The summed E-state index contributed by atoms with van der Waals surface area (Å²) in [5, 5.41) is 0. The van der Waals surface area contributed by atoms with Gasteiger partial charge in [-0.25, -0.2) is 0 Å². The number of hydrogen-bond acceptors (Lipinski definition) is 0. The first-order valence-corrected chi connectivity index (χ1v) is 7.17. The Morgan fingerprint density at radius 1 is 1.23 bits per heavy atom. The van der Waals surface area contributed by atoms with Crippen LogP contribution in [0, 0.1) is 6.92 Å². The zero-order valence-corrected chi connectivity index (χ0v) is 9.35. The Hall–Kier alpha value is -0.350. The van der Waals surface area contributed by atoms with E-state index in [2.05, 4.69) is 37.9 Å². The molecule has 1 aromatic carbocycles. The molecule has 1 heteroatoms. The van der Waals surface area contributed by atoms with Crippen molar-refractivity contribution in [2.75, 3.05) is 19.0 Å². The molecule has 0 bridgehead atoms. The summed E-state index contributed by atoms with van der Waals surface area (Å²) < 4.78 is 0. The van der Waals surface area contributed by atoms with Crippen molar-refractivity contribution in [3.63, 3.8) is 0 Å². The van der Waals surface area contributed by atoms with Gasteiger partial charge in [-0.2, -0.15) is 0 Å². The molecule has 0 amide bonds. The molecule has 0 radical (unpaired) electrons. The molecule has 2 rings (SSSR count). The lowest BCUT2D eigenvalue weighted by Gasteiger charge is -2.09. The SMILES string of the molecule is Cc1ccc(C2CCP(C)C2)cc1. The maximum atomic E-state index is 2.43. The quantitative estimate of drug-likeness (QED) is 0.596. The number of rotatable bonds is 1. The number of aryl methyl sites for hydroxylation is 1. The largest absolute Gasteiger partial charge is 0.109 e. The third-order valence-corrected chi connectivity index (χ3v) is 5.03. The molecule has 1 aliphatic rings. The molecule has 1 aromatic rings. The van der Waals surface area contributed by atoms with Gasteiger partial charge in [0.15, 0.2) is 0 Å². The Morgan fingerprint density at radius 3 is 2.46 bits per heavy atom. The maximum Gasteiger partial charge on any atom is -0.0119 e. The summed E-state index contributed by atoms with van der Waals surface area (Å²) in [5.74, 6) is 0.872. The van der Waals surface area contributed by atoms with Gasteiger partial charge in [0.1, 0.15) is 0 Å². The topological polar surface area (TPSA) is 0 Å². The maximum absolute atomic E-state index is 2.43. The van der Waals surface area contributed by atoms with Crippen LogP contribution < -0.4 is 0 Å². The van der Waals surface area contributed by atoms with Crippen molar-refractivity contribution in [2.45, 2.75) is 19.3 Å². The first kappa shape index (κ1) is 9.21. The van der Waals surface area contributed by atoms with E-state index in [1.54, 1.807) is 5.56 Å². The lowest BCUT2D eigenvalue weighted by atomic mass is 9.98. The van der Waals surface area contributed by atoms with E-state index >= 15 is 0 Å². The van der Waals surface area contributed by atoms with Crippen molar-refractivity contribution >= 4 is 7.92 Å². The highest BCUT2D eigenvalue weighted by atomic mass is 31.1. The van der Waals surface area contributed by atoms with Crippen LogP contribution >= 0.6 is 7.92 Å². The van der Waals surface area contributed by atoms with Crippen LogP contribution in [0.1, 0.15) is 23.5 Å². The Balaban J connectivity index is 2.13. The molecule has 0 aliphatic carbocycles. The predicted octanol–water partition coefficient (Wildman–Crippen LogP) is 3.59. The lowest BCUT2D eigenvalue weighted by Crippen LogP contribution is -1.95. The van der Waals surface area contributed by atoms with Gasteiger partial charge in [-0.15, -0.1) is 7.92 Å². The third-order valence-electron chi connectivity index (χ3n) is 2.94. The molecule has 2 atom stereocenters. The fourth-order valence-electron chi connectivity index (χ4n) is 2.05. The van der Waals surface area contributed by atoms with Gasteiger partial charge in [0.2, 0.25) is 0 Å². The normalized spacial score (nSPS) is 27.8. The molecule has 70 valence electrons. The Morgan fingerprint density at radius 2 is 1.92 bits per heavy atom. The van der Waals surface area contributed by atoms with Gasteiger partial charge in [-0.3, -0.25) is 0 Å². The molecular formula is C12H17P. The molecule has 0 N–H and O–H groups in total. The first-order valence-electron chi connectivity index (χ1n) is 5.01. The fraction of sp³-hybridized carbons (Fsp3) is 0.500. The Bertz CT molecular complexity index is 276. The van der Waals surface area contributed by atoms with Crippen LogP contribution in [0.4, 0.5) is 0 Å². The summed E-state index contributed by atoms with van der Waals surface area (Å²) in [4.78, 5) is 0. The van der Waals surface area contributed by atoms with E-state index in [1.165, 1.54) is 24.3 Å². The molecule has 2 unspecified atom stereocenters. The van der Waals surface area contributed by atoms with Gasteiger partial charge in [-0.05, 0) is 43.8 Å². The van der Waals surface area contributed by atoms with Crippen molar-refractivity contribution < 1.29 is 0 Å². The molecule has 1 fully saturated rings. The van der Waals surface area contributed by atoms with Crippen LogP contribution in [0.5, 0.6) is 0 Å². The summed E-state index contributed by atoms with van der Waals surface area (Å²) in [6.07, 6.45) is 4.36. The van der Waals surface area contributed by atoms with Gasteiger partial charge in [0, 0.05) is 0 Å². The zero-order valence-electron chi connectivity index (χ0n) is 8.46. The van der Waals surface area contributed by atoms with Crippen molar-refractivity contribution in [3.05, 3.63) is 35.4 Å². The second-order valence-electron chi connectivity index (χ2n) is 4.16. The molecule has 0 nitrogen and oxygen atoms in total. The zero-order chi connectivity index (χ0) is 9.26. The second kappa shape index (κ2) is 3.80. The van der Waals surface area contributed by atoms with Crippen LogP contribution in [0.3, 0.4) is 0 Å². The second-order valence-corrected chi connectivity index (χ2v) is 6.68.